The normalized spacial score (nSPS) is 11.1. The Balaban J connectivity index is 2.78. The molecule has 1 amide bonds. The predicted molar refractivity (Wildman–Crippen MR) is 72.1 cm³/mol. The summed E-state index contributed by atoms with van der Waals surface area (Å²) in [5, 5.41) is 0.0484. The molecule has 1 N–H and O–H groups in total. The molecular weight excluding hydrogens is 340 g/mol. The van der Waals surface area contributed by atoms with Gasteiger partial charge >= 0.3 is 5.97 Å². The van der Waals surface area contributed by atoms with E-state index in [0.717, 1.165) is 6.07 Å². The van der Waals surface area contributed by atoms with Crippen LogP contribution in [0.5, 0.6) is 0 Å². The molecule has 104 valence electrons. The lowest BCUT2D eigenvalue weighted by molar-refractivity contribution is -0.158. The molecule has 0 bridgehead atoms. The number of halogens is 3. The summed E-state index contributed by atoms with van der Waals surface area (Å²) in [6.45, 7) is 4.91. The van der Waals surface area contributed by atoms with E-state index in [0.29, 0.717) is 0 Å². The second-order valence-electron chi connectivity index (χ2n) is 4.82. The third-order valence-electron chi connectivity index (χ3n) is 2.09. The molecule has 0 heterocycles. The molecule has 0 spiro atoms. The van der Waals surface area contributed by atoms with E-state index in [4.69, 9.17) is 11.6 Å². The highest BCUT2D eigenvalue weighted by Gasteiger charge is 2.24. The van der Waals surface area contributed by atoms with Crippen LogP contribution in [-0.4, -0.2) is 11.9 Å². The number of carbonyl (C=O) groups is 2. The Morgan fingerprint density at radius 3 is 2.42 bits per heavy atom. The number of hydrogen-bond donors (Lipinski definition) is 1. The van der Waals surface area contributed by atoms with Gasteiger partial charge in [0, 0.05) is 5.56 Å². The van der Waals surface area contributed by atoms with Gasteiger partial charge in [0.15, 0.2) is 0 Å². The van der Waals surface area contributed by atoms with Crippen molar-refractivity contribution in [2.45, 2.75) is 20.8 Å². The number of hydrogen-bond acceptors (Lipinski definition) is 3. The van der Waals surface area contributed by atoms with Crippen LogP contribution in [0.3, 0.4) is 0 Å². The van der Waals surface area contributed by atoms with Gasteiger partial charge in [-0.1, -0.05) is 11.6 Å². The van der Waals surface area contributed by atoms with Crippen molar-refractivity contribution in [3.63, 3.8) is 0 Å². The Bertz CT molecular complexity index is 505. The van der Waals surface area contributed by atoms with Crippen molar-refractivity contribution in [1.29, 1.82) is 0 Å². The maximum atomic E-state index is 13.4. The van der Waals surface area contributed by atoms with Gasteiger partial charge in [-0.15, -0.1) is 0 Å². The maximum absolute atomic E-state index is 13.4. The van der Waals surface area contributed by atoms with Crippen molar-refractivity contribution in [2.75, 3.05) is 0 Å². The van der Waals surface area contributed by atoms with Gasteiger partial charge in [-0.2, -0.15) is 5.48 Å². The summed E-state index contributed by atoms with van der Waals surface area (Å²) in [6.07, 6.45) is 0. The van der Waals surface area contributed by atoms with Gasteiger partial charge < -0.3 is 4.84 Å². The van der Waals surface area contributed by atoms with Crippen LogP contribution < -0.4 is 5.48 Å². The Labute approximate surface area is 123 Å². The smallest absolute Gasteiger partial charge is 0.337 e. The molecule has 1 rings (SSSR count). The molecule has 4 nitrogen and oxygen atoms in total. The summed E-state index contributed by atoms with van der Waals surface area (Å²) < 4.78 is 13.4. The van der Waals surface area contributed by atoms with Crippen LogP contribution in [0, 0.1) is 11.2 Å². The molecule has 0 atom stereocenters. The second kappa shape index (κ2) is 5.88. The van der Waals surface area contributed by atoms with Gasteiger partial charge in [0.2, 0.25) is 0 Å². The van der Waals surface area contributed by atoms with E-state index in [1.807, 2.05) is 5.48 Å². The molecule has 0 unspecified atom stereocenters. The van der Waals surface area contributed by atoms with E-state index in [1.165, 1.54) is 6.07 Å². The van der Waals surface area contributed by atoms with Crippen molar-refractivity contribution < 1.29 is 18.8 Å². The van der Waals surface area contributed by atoms with E-state index in [-0.39, 0.29) is 15.1 Å². The van der Waals surface area contributed by atoms with Gasteiger partial charge in [0.05, 0.1) is 14.9 Å². The molecule has 0 saturated carbocycles. The summed E-state index contributed by atoms with van der Waals surface area (Å²) in [5.41, 5.74) is 1.15. The minimum Gasteiger partial charge on any atom is -0.340 e. The molecule has 0 aliphatic rings. The zero-order chi connectivity index (χ0) is 14.8. The average molecular weight is 353 g/mol. The van der Waals surface area contributed by atoms with Gasteiger partial charge in [-0.3, -0.25) is 4.79 Å². The highest BCUT2D eigenvalue weighted by atomic mass is 79.9. The molecule has 1 aromatic rings. The first-order valence-electron chi connectivity index (χ1n) is 5.29. The third kappa shape index (κ3) is 4.18. The number of rotatable bonds is 1. The van der Waals surface area contributed by atoms with Crippen molar-refractivity contribution in [2.24, 2.45) is 5.41 Å². The SMILES string of the molecule is CC(C)(C)C(=O)ONC(=O)c1cc(F)c(Br)c(Cl)c1. The van der Waals surface area contributed by atoms with E-state index in [1.54, 1.807) is 20.8 Å². The van der Waals surface area contributed by atoms with Crippen LogP contribution in [0.15, 0.2) is 16.6 Å². The standard InChI is InChI=1S/C12H12BrClFNO3/c1-12(2,3)11(18)19-16-10(17)6-4-7(14)9(13)8(15)5-6/h4-5H,1-3H3,(H,16,17). The summed E-state index contributed by atoms with van der Waals surface area (Å²) in [7, 11) is 0. The van der Waals surface area contributed by atoms with Crippen molar-refractivity contribution in [1.82, 2.24) is 5.48 Å². The predicted octanol–water partition coefficient (Wildman–Crippen LogP) is 3.48. The fourth-order valence-electron chi connectivity index (χ4n) is 0.991. The van der Waals surface area contributed by atoms with Crippen LogP contribution in [0.4, 0.5) is 4.39 Å². The van der Waals surface area contributed by atoms with E-state index < -0.39 is 23.1 Å². The molecule has 0 radical (unpaired) electrons. The zero-order valence-corrected chi connectivity index (χ0v) is 12.9. The first-order valence-corrected chi connectivity index (χ1v) is 6.46. The topological polar surface area (TPSA) is 55.4 Å². The lowest BCUT2D eigenvalue weighted by Gasteiger charge is -2.16. The van der Waals surface area contributed by atoms with Gasteiger partial charge in [0.1, 0.15) is 5.82 Å². The summed E-state index contributed by atoms with van der Waals surface area (Å²) >= 11 is 8.65. The van der Waals surface area contributed by atoms with Crippen LogP contribution in [0.2, 0.25) is 5.02 Å². The number of hydroxylamine groups is 1. The minimum atomic E-state index is -0.758. The van der Waals surface area contributed by atoms with Crippen molar-refractivity contribution in [3.8, 4) is 0 Å². The van der Waals surface area contributed by atoms with E-state index in [9.17, 15) is 14.0 Å². The number of benzene rings is 1. The van der Waals surface area contributed by atoms with E-state index >= 15 is 0 Å². The summed E-state index contributed by atoms with van der Waals surface area (Å²) in [6, 6.07) is 2.24. The summed E-state index contributed by atoms with van der Waals surface area (Å²) in [4.78, 5) is 27.7. The Hall–Kier alpha value is -1.14. The minimum absolute atomic E-state index is 0.0484. The maximum Gasteiger partial charge on any atom is 0.337 e. The molecule has 0 fully saturated rings. The molecule has 19 heavy (non-hydrogen) atoms. The van der Waals surface area contributed by atoms with Crippen LogP contribution >= 0.6 is 27.5 Å². The third-order valence-corrected chi connectivity index (χ3v) is 3.43. The molecule has 1 aromatic carbocycles. The first kappa shape index (κ1) is 15.9. The number of carbonyl (C=O) groups excluding carboxylic acids is 2. The molecule has 0 aliphatic carbocycles. The lowest BCUT2D eigenvalue weighted by atomic mass is 9.98. The summed E-state index contributed by atoms with van der Waals surface area (Å²) in [5.74, 6) is -2.05. The fourth-order valence-corrected chi connectivity index (χ4v) is 1.43. The molecular formula is C12H12BrClFNO3. The highest BCUT2D eigenvalue weighted by molar-refractivity contribution is 9.10. The van der Waals surface area contributed by atoms with Crippen molar-refractivity contribution >= 4 is 39.4 Å². The van der Waals surface area contributed by atoms with Crippen LogP contribution in [-0.2, 0) is 9.63 Å². The highest BCUT2D eigenvalue weighted by Crippen LogP contribution is 2.26. The van der Waals surface area contributed by atoms with Gasteiger partial charge in [0.25, 0.3) is 5.91 Å². The second-order valence-corrected chi connectivity index (χ2v) is 6.02. The van der Waals surface area contributed by atoms with Gasteiger partial charge in [-0.05, 0) is 48.8 Å². The largest absolute Gasteiger partial charge is 0.340 e. The Morgan fingerprint density at radius 2 is 1.95 bits per heavy atom. The number of amides is 1. The zero-order valence-electron chi connectivity index (χ0n) is 10.5. The molecule has 0 saturated heterocycles. The van der Waals surface area contributed by atoms with Crippen LogP contribution in [0.25, 0.3) is 0 Å². The molecule has 0 aromatic heterocycles. The Kier molecular flexibility index (Phi) is 4.92. The molecule has 7 heteroatoms. The lowest BCUT2D eigenvalue weighted by Crippen LogP contribution is -2.33. The van der Waals surface area contributed by atoms with E-state index in [2.05, 4.69) is 20.8 Å². The Morgan fingerprint density at radius 1 is 1.37 bits per heavy atom. The quantitative estimate of drug-likeness (QED) is 0.622. The first-order chi connectivity index (χ1) is 8.62. The fraction of sp³-hybridized carbons (Fsp3) is 0.333. The average Bonchev–Trinajstić information content (AvgIpc) is 2.30. The van der Waals surface area contributed by atoms with Crippen LogP contribution in [0.1, 0.15) is 31.1 Å². The van der Waals surface area contributed by atoms with Crippen molar-refractivity contribution in [3.05, 3.63) is 33.0 Å². The van der Waals surface area contributed by atoms with Gasteiger partial charge in [-0.25, -0.2) is 9.18 Å². The number of nitrogens with one attached hydrogen (secondary N) is 1. The monoisotopic (exact) mass is 351 g/mol. The molecule has 0 aliphatic heterocycles.